The SMILES string of the molecule is Cc1ccc(C(=O)OCC(=O)NC2(C#N)CCCC2)c(O)c1. The number of carbonyl (C=O) groups excluding carboxylic acids is 2. The summed E-state index contributed by atoms with van der Waals surface area (Å²) >= 11 is 0. The van der Waals surface area contributed by atoms with Crippen LogP contribution < -0.4 is 5.32 Å². The fourth-order valence-electron chi connectivity index (χ4n) is 2.57. The quantitative estimate of drug-likeness (QED) is 0.826. The first-order valence-corrected chi connectivity index (χ1v) is 7.15. The van der Waals surface area contributed by atoms with E-state index >= 15 is 0 Å². The van der Waals surface area contributed by atoms with E-state index < -0.39 is 24.0 Å². The molecule has 0 aliphatic heterocycles. The number of hydrogen-bond acceptors (Lipinski definition) is 5. The van der Waals surface area contributed by atoms with Crippen LogP contribution in [0.5, 0.6) is 5.75 Å². The van der Waals surface area contributed by atoms with E-state index in [0.717, 1.165) is 18.4 Å². The highest BCUT2D eigenvalue weighted by Crippen LogP contribution is 2.28. The molecule has 0 bridgehead atoms. The third-order valence-electron chi connectivity index (χ3n) is 3.76. The number of phenols is 1. The Morgan fingerprint density at radius 3 is 2.68 bits per heavy atom. The molecular formula is C16H18N2O4. The molecule has 1 aliphatic rings. The fraction of sp³-hybridized carbons (Fsp3) is 0.438. The molecule has 22 heavy (non-hydrogen) atoms. The van der Waals surface area contributed by atoms with Gasteiger partial charge in [-0.1, -0.05) is 6.07 Å². The lowest BCUT2D eigenvalue weighted by molar-refractivity contribution is -0.125. The van der Waals surface area contributed by atoms with Crippen LogP contribution in [0.3, 0.4) is 0 Å². The van der Waals surface area contributed by atoms with E-state index in [1.54, 1.807) is 13.0 Å². The Balaban J connectivity index is 1.91. The summed E-state index contributed by atoms with van der Waals surface area (Å²) in [4.78, 5) is 23.7. The van der Waals surface area contributed by atoms with E-state index in [1.807, 2.05) is 0 Å². The first-order chi connectivity index (χ1) is 10.5. The van der Waals surface area contributed by atoms with Crippen molar-refractivity contribution in [3.05, 3.63) is 29.3 Å². The van der Waals surface area contributed by atoms with Crippen LogP contribution in [0.15, 0.2) is 18.2 Å². The van der Waals surface area contributed by atoms with Crippen molar-refractivity contribution in [2.75, 3.05) is 6.61 Å². The number of rotatable bonds is 4. The van der Waals surface area contributed by atoms with E-state index in [4.69, 9.17) is 4.74 Å². The number of nitrogens with one attached hydrogen (secondary N) is 1. The molecule has 0 radical (unpaired) electrons. The van der Waals surface area contributed by atoms with Crippen molar-refractivity contribution in [3.63, 3.8) is 0 Å². The Kier molecular flexibility index (Phi) is 4.66. The maximum absolute atomic E-state index is 11.8. The minimum atomic E-state index is -0.838. The van der Waals surface area contributed by atoms with Gasteiger partial charge in [0, 0.05) is 0 Å². The van der Waals surface area contributed by atoms with E-state index in [9.17, 15) is 20.0 Å². The largest absolute Gasteiger partial charge is 0.507 e. The van der Waals surface area contributed by atoms with Crippen molar-refractivity contribution in [1.82, 2.24) is 5.32 Å². The van der Waals surface area contributed by atoms with Crippen LogP contribution in [0.4, 0.5) is 0 Å². The second-order valence-electron chi connectivity index (χ2n) is 5.55. The van der Waals surface area contributed by atoms with Crippen molar-refractivity contribution < 1.29 is 19.4 Å². The van der Waals surface area contributed by atoms with Gasteiger partial charge >= 0.3 is 5.97 Å². The molecule has 1 aliphatic carbocycles. The molecule has 0 atom stereocenters. The number of amides is 1. The Morgan fingerprint density at radius 1 is 1.41 bits per heavy atom. The topological polar surface area (TPSA) is 99.4 Å². The van der Waals surface area contributed by atoms with Gasteiger partial charge in [-0.2, -0.15) is 5.26 Å². The summed E-state index contributed by atoms with van der Waals surface area (Å²) in [6, 6.07) is 6.68. The molecule has 0 unspecified atom stereocenters. The van der Waals surface area contributed by atoms with Gasteiger partial charge in [0.25, 0.3) is 5.91 Å². The predicted molar refractivity (Wildman–Crippen MR) is 78.1 cm³/mol. The van der Waals surface area contributed by atoms with Crippen LogP contribution in [0.25, 0.3) is 0 Å². The van der Waals surface area contributed by atoms with Crippen molar-refractivity contribution in [1.29, 1.82) is 5.26 Å². The second-order valence-corrected chi connectivity index (χ2v) is 5.55. The summed E-state index contributed by atoms with van der Waals surface area (Å²) in [5.74, 6) is -1.47. The van der Waals surface area contributed by atoms with Gasteiger partial charge in [-0.25, -0.2) is 4.79 Å². The molecule has 116 valence electrons. The molecule has 1 aromatic rings. The minimum absolute atomic E-state index is 0.00858. The van der Waals surface area contributed by atoms with Gasteiger partial charge in [0.15, 0.2) is 6.61 Å². The number of aromatic hydroxyl groups is 1. The van der Waals surface area contributed by atoms with Gasteiger partial charge in [-0.05, 0) is 50.3 Å². The van der Waals surface area contributed by atoms with Crippen molar-refractivity contribution >= 4 is 11.9 Å². The van der Waals surface area contributed by atoms with E-state index in [0.29, 0.717) is 12.8 Å². The first kappa shape index (κ1) is 15.8. The van der Waals surface area contributed by atoms with Crippen molar-refractivity contribution in [3.8, 4) is 11.8 Å². The summed E-state index contributed by atoms with van der Waals surface area (Å²) in [6.45, 7) is 1.31. The predicted octanol–water partition coefficient (Wildman–Crippen LogP) is 1.81. The maximum Gasteiger partial charge on any atom is 0.342 e. The Labute approximate surface area is 128 Å². The van der Waals surface area contributed by atoms with Gasteiger partial charge in [0.2, 0.25) is 0 Å². The number of aryl methyl sites for hydroxylation is 1. The highest BCUT2D eigenvalue weighted by molar-refractivity contribution is 5.94. The third kappa shape index (κ3) is 3.55. The third-order valence-corrected chi connectivity index (χ3v) is 3.76. The molecule has 1 amide bonds. The number of benzene rings is 1. The molecule has 2 rings (SSSR count). The number of nitriles is 1. The summed E-state index contributed by atoms with van der Waals surface area (Å²) < 4.78 is 4.89. The van der Waals surface area contributed by atoms with Gasteiger partial charge < -0.3 is 15.2 Å². The molecule has 1 fully saturated rings. The zero-order valence-corrected chi connectivity index (χ0v) is 12.4. The van der Waals surface area contributed by atoms with Crippen molar-refractivity contribution in [2.24, 2.45) is 0 Å². The molecule has 1 saturated carbocycles. The maximum atomic E-state index is 11.8. The molecule has 6 nitrogen and oxygen atoms in total. The highest BCUT2D eigenvalue weighted by atomic mass is 16.5. The first-order valence-electron chi connectivity index (χ1n) is 7.15. The standard InChI is InChI=1S/C16H18N2O4/c1-11-4-5-12(13(19)8-11)15(21)22-9-14(20)18-16(10-17)6-2-3-7-16/h4-5,8,19H,2-3,6-7,9H2,1H3,(H,18,20). The summed E-state index contributed by atoms with van der Waals surface area (Å²) in [7, 11) is 0. The van der Waals surface area contributed by atoms with E-state index in [1.165, 1.54) is 12.1 Å². The monoisotopic (exact) mass is 302 g/mol. The van der Waals surface area contributed by atoms with E-state index in [-0.39, 0.29) is 11.3 Å². The normalized spacial score (nSPS) is 15.8. The van der Waals surface area contributed by atoms with Gasteiger partial charge in [-0.15, -0.1) is 0 Å². The van der Waals surface area contributed by atoms with Crippen LogP contribution in [-0.4, -0.2) is 29.1 Å². The molecule has 0 heterocycles. The zero-order chi connectivity index (χ0) is 16.2. The lowest BCUT2D eigenvalue weighted by Crippen LogP contribution is -2.46. The number of nitrogens with zero attached hydrogens (tertiary/aromatic N) is 1. The zero-order valence-electron chi connectivity index (χ0n) is 12.4. The molecule has 0 spiro atoms. The molecule has 2 N–H and O–H groups in total. The molecule has 6 heteroatoms. The number of carbonyl (C=O) groups is 2. The average Bonchev–Trinajstić information content (AvgIpc) is 2.94. The minimum Gasteiger partial charge on any atom is -0.507 e. The lowest BCUT2D eigenvalue weighted by atomic mass is 10.00. The Morgan fingerprint density at radius 2 is 2.09 bits per heavy atom. The molecule has 0 aromatic heterocycles. The Hall–Kier alpha value is -2.55. The smallest absolute Gasteiger partial charge is 0.342 e. The second kappa shape index (κ2) is 6.48. The molecule has 1 aromatic carbocycles. The number of phenolic OH excluding ortho intramolecular Hbond substituents is 1. The fourth-order valence-corrected chi connectivity index (χ4v) is 2.57. The van der Waals surface area contributed by atoms with Gasteiger partial charge in [0.1, 0.15) is 16.9 Å². The van der Waals surface area contributed by atoms with Crippen LogP contribution in [-0.2, 0) is 9.53 Å². The number of hydrogen-bond donors (Lipinski definition) is 2. The van der Waals surface area contributed by atoms with Gasteiger partial charge in [-0.3, -0.25) is 4.79 Å². The highest BCUT2D eigenvalue weighted by Gasteiger charge is 2.35. The summed E-state index contributed by atoms with van der Waals surface area (Å²) in [5, 5.41) is 21.5. The molecule has 0 saturated heterocycles. The Bertz CT molecular complexity index is 628. The van der Waals surface area contributed by atoms with Crippen LogP contribution >= 0.6 is 0 Å². The summed E-state index contributed by atoms with van der Waals surface area (Å²) in [6.07, 6.45) is 3.01. The van der Waals surface area contributed by atoms with Crippen LogP contribution in [0, 0.1) is 18.3 Å². The van der Waals surface area contributed by atoms with Gasteiger partial charge in [0.05, 0.1) is 6.07 Å². The number of ether oxygens (including phenoxy) is 1. The van der Waals surface area contributed by atoms with Crippen LogP contribution in [0.2, 0.25) is 0 Å². The lowest BCUT2D eigenvalue weighted by Gasteiger charge is -2.21. The van der Waals surface area contributed by atoms with E-state index in [2.05, 4.69) is 11.4 Å². The number of esters is 1. The van der Waals surface area contributed by atoms with Crippen molar-refractivity contribution in [2.45, 2.75) is 38.1 Å². The summed E-state index contributed by atoms with van der Waals surface area (Å²) in [5.41, 5.74) is -0.0200. The van der Waals surface area contributed by atoms with Crippen LogP contribution in [0.1, 0.15) is 41.6 Å². The average molecular weight is 302 g/mol. The molecular weight excluding hydrogens is 284 g/mol.